The summed E-state index contributed by atoms with van der Waals surface area (Å²) in [6, 6.07) is 27.1. The molecule has 1 saturated heterocycles. The predicted octanol–water partition coefficient (Wildman–Crippen LogP) is 5.90. The number of benzene rings is 2. The van der Waals surface area contributed by atoms with E-state index in [1.165, 1.54) is 0 Å². The highest BCUT2D eigenvalue weighted by Crippen LogP contribution is 2.38. The monoisotopic (exact) mass is 628 g/mol. The lowest BCUT2D eigenvalue weighted by atomic mass is 9.75. The van der Waals surface area contributed by atoms with Crippen LogP contribution >= 0.6 is 0 Å². The lowest BCUT2D eigenvalue weighted by Gasteiger charge is -2.42. The number of piperidine rings is 1. The summed E-state index contributed by atoms with van der Waals surface area (Å²) in [6.07, 6.45) is 6.63. The minimum absolute atomic E-state index is 0.00502. The fraction of sp³-hybridized carbons (Fsp3) is 0.342. The second-order valence-corrected chi connectivity index (χ2v) is 12.6. The quantitative estimate of drug-likeness (QED) is 0.277. The van der Waals surface area contributed by atoms with Crippen molar-refractivity contribution in [2.75, 3.05) is 44.2 Å². The number of rotatable bonds is 4. The average Bonchev–Trinajstić information content (AvgIpc) is 3.13. The van der Waals surface area contributed by atoms with Crippen molar-refractivity contribution in [1.82, 2.24) is 19.8 Å². The number of hydrogen-bond donors (Lipinski definition) is 0. The Morgan fingerprint density at radius 2 is 1.66 bits per heavy atom. The molecule has 0 saturated carbocycles. The van der Waals surface area contributed by atoms with Crippen molar-refractivity contribution in [3.05, 3.63) is 119 Å². The maximum Gasteiger partial charge on any atom is 0.257 e. The third kappa shape index (κ3) is 7.60. The van der Waals surface area contributed by atoms with Gasteiger partial charge in [0.1, 0.15) is 17.6 Å². The van der Waals surface area contributed by atoms with Crippen LogP contribution in [-0.4, -0.2) is 70.9 Å². The van der Waals surface area contributed by atoms with E-state index in [0.717, 1.165) is 49.3 Å². The summed E-state index contributed by atoms with van der Waals surface area (Å²) in [6.45, 7) is 5.89. The molecule has 240 valence electrons. The maximum absolute atomic E-state index is 14.2. The smallest absolute Gasteiger partial charge is 0.257 e. The number of fused-ring (bicyclic) bond motifs is 1. The van der Waals surface area contributed by atoms with Gasteiger partial charge < -0.3 is 19.4 Å². The molecule has 2 aliphatic heterocycles. The van der Waals surface area contributed by atoms with E-state index in [2.05, 4.69) is 20.9 Å². The Morgan fingerprint density at radius 1 is 0.872 bits per heavy atom. The Hall–Kier alpha value is -5.23. The van der Waals surface area contributed by atoms with E-state index in [9.17, 15) is 14.9 Å². The Kier molecular flexibility index (Phi) is 9.77. The van der Waals surface area contributed by atoms with Crippen LogP contribution in [0.15, 0.2) is 91.3 Å². The first kappa shape index (κ1) is 31.7. The van der Waals surface area contributed by atoms with E-state index in [1.807, 2.05) is 89.5 Å². The van der Waals surface area contributed by atoms with Gasteiger partial charge in [-0.3, -0.25) is 14.6 Å². The third-order valence-electron chi connectivity index (χ3n) is 9.40. The minimum Gasteiger partial charge on any atom is -0.492 e. The molecule has 4 heterocycles. The first-order valence-corrected chi connectivity index (χ1v) is 16.3. The van der Waals surface area contributed by atoms with Crippen molar-refractivity contribution in [2.24, 2.45) is 5.41 Å². The first-order valence-electron chi connectivity index (χ1n) is 16.3. The summed E-state index contributed by atoms with van der Waals surface area (Å²) in [5.41, 5.74) is 3.42. The molecule has 1 fully saturated rings. The molecule has 0 atom stereocenters. The van der Waals surface area contributed by atoms with Crippen LogP contribution in [0, 0.1) is 23.7 Å². The van der Waals surface area contributed by atoms with Gasteiger partial charge in [0.2, 0.25) is 0 Å². The SMILES string of the molecule is Cc1ccc(C(=O)N2CCC3(CCCN(c4ccc(C#N)cn4)CCN(Cc4ccccc4)C(=O)c4ccccc4OC3)CC2)cn1. The molecule has 9 nitrogen and oxygen atoms in total. The van der Waals surface area contributed by atoms with Crippen LogP contribution < -0.4 is 9.64 Å². The second-order valence-electron chi connectivity index (χ2n) is 12.6. The topological polar surface area (TPSA) is 103 Å². The Morgan fingerprint density at radius 3 is 2.38 bits per heavy atom. The summed E-state index contributed by atoms with van der Waals surface area (Å²) in [7, 11) is 0. The molecule has 0 N–H and O–H groups in total. The van der Waals surface area contributed by atoms with Gasteiger partial charge >= 0.3 is 0 Å². The van der Waals surface area contributed by atoms with Gasteiger partial charge in [-0.25, -0.2) is 4.98 Å². The summed E-state index contributed by atoms with van der Waals surface area (Å²) in [4.78, 5) is 42.5. The zero-order chi connectivity index (χ0) is 32.6. The Bertz CT molecular complexity index is 1710. The van der Waals surface area contributed by atoms with Crippen LogP contribution in [0.2, 0.25) is 0 Å². The van der Waals surface area contributed by atoms with E-state index < -0.39 is 0 Å². The maximum atomic E-state index is 14.2. The molecule has 2 amide bonds. The minimum atomic E-state index is -0.167. The van der Waals surface area contributed by atoms with Gasteiger partial charge in [0.15, 0.2) is 0 Å². The largest absolute Gasteiger partial charge is 0.492 e. The summed E-state index contributed by atoms with van der Waals surface area (Å²) in [5, 5.41) is 9.34. The number of ether oxygens (including phenoxy) is 1. The van der Waals surface area contributed by atoms with Crippen molar-refractivity contribution in [1.29, 1.82) is 5.26 Å². The first-order chi connectivity index (χ1) is 22.9. The normalized spacial score (nSPS) is 17.0. The number of pyridine rings is 2. The molecule has 4 aromatic rings. The number of nitriles is 1. The highest BCUT2D eigenvalue weighted by Gasteiger charge is 2.37. The van der Waals surface area contributed by atoms with Crippen molar-refractivity contribution >= 4 is 17.6 Å². The number of carbonyl (C=O) groups is 2. The number of carbonyl (C=O) groups excluding carboxylic acids is 2. The molecule has 6 rings (SSSR count). The molecule has 0 aliphatic carbocycles. The number of aryl methyl sites for hydroxylation is 1. The standard InChI is InChI=1S/C38H40N6O3/c1-29-12-14-32(26-40-29)36(45)43-20-17-38(18-21-43)16-7-19-42(35-15-13-31(24-39)25-41-35)22-23-44(27-30-8-3-2-4-9-30)37(46)33-10-5-6-11-34(33)47-28-38/h2-6,8-15,25-26H,7,16-23,27-28H2,1H3. The number of para-hydroxylation sites is 1. The van der Waals surface area contributed by atoms with Crippen molar-refractivity contribution in [3.63, 3.8) is 0 Å². The highest BCUT2D eigenvalue weighted by molar-refractivity contribution is 5.97. The Labute approximate surface area is 276 Å². The molecule has 47 heavy (non-hydrogen) atoms. The summed E-state index contributed by atoms with van der Waals surface area (Å²) < 4.78 is 6.58. The molecule has 0 unspecified atom stereocenters. The number of aromatic nitrogens is 2. The lowest BCUT2D eigenvalue weighted by molar-refractivity contribution is 0.0363. The van der Waals surface area contributed by atoms with Crippen molar-refractivity contribution in [2.45, 2.75) is 39.2 Å². The van der Waals surface area contributed by atoms with Crippen molar-refractivity contribution in [3.8, 4) is 11.8 Å². The number of hydrogen-bond acceptors (Lipinski definition) is 7. The second kappa shape index (κ2) is 14.5. The number of anilines is 1. The predicted molar refractivity (Wildman–Crippen MR) is 180 cm³/mol. The number of nitrogens with zero attached hydrogens (tertiary/aromatic N) is 6. The van der Waals surface area contributed by atoms with E-state index in [-0.39, 0.29) is 17.2 Å². The van der Waals surface area contributed by atoms with Gasteiger partial charge in [0.05, 0.1) is 23.3 Å². The molecule has 2 aromatic heterocycles. The third-order valence-corrected chi connectivity index (χ3v) is 9.40. The van der Waals surface area contributed by atoms with Gasteiger partial charge in [-0.1, -0.05) is 42.5 Å². The zero-order valence-corrected chi connectivity index (χ0v) is 26.8. The molecular formula is C38H40N6O3. The van der Waals surface area contributed by atoms with Gasteiger partial charge in [0, 0.05) is 62.8 Å². The molecule has 9 heteroatoms. The zero-order valence-electron chi connectivity index (χ0n) is 26.8. The van der Waals surface area contributed by atoms with Crippen LogP contribution in [0.5, 0.6) is 5.75 Å². The lowest BCUT2D eigenvalue weighted by Crippen LogP contribution is -2.46. The van der Waals surface area contributed by atoms with Crippen LogP contribution in [-0.2, 0) is 6.54 Å². The van der Waals surface area contributed by atoms with E-state index in [0.29, 0.717) is 61.8 Å². The van der Waals surface area contributed by atoms with Crippen LogP contribution in [0.25, 0.3) is 0 Å². The van der Waals surface area contributed by atoms with E-state index >= 15 is 0 Å². The van der Waals surface area contributed by atoms with E-state index in [4.69, 9.17) is 4.74 Å². The van der Waals surface area contributed by atoms with Crippen molar-refractivity contribution < 1.29 is 14.3 Å². The molecule has 1 spiro atoms. The van der Waals surface area contributed by atoms with E-state index in [1.54, 1.807) is 18.5 Å². The summed E-state index contributed by atoms with van der Waals surface area (Å²) in [5.74, 6) is 1.29. The number of likely N-dealkylation sites (tertiary alicyclic amines) is 1. The highest BCUT2D eigenvalue weighted by atomic mass is 16.5. The van der Waals surface area contributed by atoms with Gasteiger partial charge in [-0.15, -0.1) is 0 Å². The van der Waals surface area contributed by atoms with Crippen LogP contribution in [0.4, 0.5) is 5.82 Å². The van der Waals surface area contributed by atoms with Gasteiger partial charge in [0.25, 0.3) is 11.8 Å². The van der Waals surface area contributed by atoms with Crippen LogP contribution in [0.1, 0.15) is 63.2 Å². The fourth-order valence-corrected chi connectivity index (χ4v) is 6.52. The molecular weight excluding hydrogens is 588 g/mol. The fourth-order valence-electron chi connectivity index (χ4n) is 6.52. The summed E-state index contributed by atoms with van der Waals surface area (Å²) >= 11 is 0. The molecule has 2 aliphatic rings. The molecule has 0 bridgehead atoms. The molecule has 2 aromatic carbocycles. The van der Waals surface area contributed by atoms with Gasteiger partial charge in [-0.2, -0.15) is 5.26 Å². The van der Waals surface area contributed by atoms with Gasteiger partial charge in [-0.05, 0) is 74.6 Å². The Balaban J connectivity index is 1.28. The number of amides is 2. The van der Waals surface area contributed by atoms with Crippen LogP contribution in [0.3, 0.4) is 0 Å². The molecule has 0 radical (unpaired) electrons. The average molecular weight is 629 g/mol.